The molecule has 1 N–H and O–H groups in total. The highest BCUT2D eigenvalue weighted by atomic mass is 79.9. The van der Waals surface area contributed by atoms with Gasteiger partial charge in [0.1, 0.15) is 0 Å². The van der Waals surface area contributed by atoms with Crippen LogP contribution in [0.4, 0.5) is 0 Å². The van der Waals surface area contributed by atoms with Crippen molar-refractivity contribution >= 4 is 38.2 Å². The number of nitrogens with one attached hydrogen (secondary N) is 1. The van der Waals surface area contributed by atoms with Crippen LogP contribution in [0.2, 0.25) is 0 Å². The molecule has 20 heavy (non-hydrogen) atoms. The van der Waals surface area contributed by atoms with Crippen LogP contribution in [0.25, 0.3) is 10.9 Å². The van der Waals surface area contributed by atoms with Crippen LogP contribution in [-0.4, -0.2) is 11.1 Å². The van der Waals surface area contributed by atoms with Crippen LogP contribution in [0.1, 0.15) is 17.4 Å². The molecule has 0 amide bonds. The van der Waals surface area contributed by atoms with Crippen LogP contribution in [0.5, 0.6) is 0 Å². The first kappa shape index (κ1) is 13.9. The number of rotatable bonds is 5. The second-order valence-corrected chi connectivity index (χ2v) is 6.72. The second kappa shape index (κ2) is 6.12. The fraction of sp³-hybridized carbons (Fsp3) is 0.250. The summed E-state index contributed by atoms with van der Waals surface area (Å²) in [5.74, 6) is 0. The lowest BCUT2D eigenvalue weighted by Gasteiger charge is -2.09. The average molecular weight is 349 g/mol. The Morgan fingerprint density at radius 3 is 2.95 bits per heavy atom. The van der Waals surface area contributed by atoms with Gasteiger partial charge in [0.25, 0.3) is 0 Å². The third-order valence-electron chi connectivity index (χ3n) is 3.39. The highest BCUT2D eigenvalue weighted by Gasteiger charge is 2.07. The normalized spacial score (nSPS) is 11.3. The molecule has 2 nitrogen and oxygen atoms in total. The van der Waals surface area contributed by atoms with E-state index in [9.17, 15) is 0 Å². The Balaban J connectivity index is 1.98. The summed E-state index contributed by atoms with van der Waals surface area (Å²) in [5, 5.41) is 6.88. The summed E-state index contributed by atoms with van der Waals surface area (Å²) in [5.41, 5.74) is 2.71. The minimum atomic E-state index is 0.923. The van der Waals surface area contributed by atoms with Gasteiger partial charge in [-0.15, -0.1) is 11.3 Å². The highest BCUT2D eigenvalue weighted by Crippen LogP contribution is 2.25. The van der Waals surface area contributed by atoms with Gasteiger partial charge < -0.3 is 9.88 Å². The van der Waals surface area contributed by atoms with E-state index >= 15 is 0 Å². The first-order valence-electron chi connectivity index (χ1n) is 6.78. The van der Waals surface area contributed by atoms with Gasteiger partial charge in [0.15, 0.2) is 0 Å². The standard InChI is InChI=1S/C16H17BrN2S/c1-2-18-9-13-5-3-4-12-6-7-19(16(12)13)10-15-8-14(17)11-20-15/h3-8,11,18H,2,9-10H2,1H3. The van der Waals surface area contributed by atoms with Crippen molar-refractivity contribution in [2.24, 2.45) is 0 Å². The minimum Gasteiger partial charge on any atom is -0.342 e. The largest absolute Gasteiger partial charge is 0.342 e. The van der Waals surface area contributed by atoms with Crippen molar-refractivity contribution < 1.29 is 0 Å². The number of aromatic nitrogens is 1. The van der Waals surface area contributed by atoms with Gasteiger partial charge in [0.05, 0.1) is 12.1 Å². The molecule has 3 rings (SSSR count). The molecule has 3 aromatic rings. The number of benzene rings is 1. The summed E-state index contributed by atoms with van der Waals surface area (Å²) in [6.07, 6.45) is 2.19. The molecule has 4 heteroatoms. The van der Waals surface area contributed by atoms with Crippen LogP contribution < -0.4 is 5.32 Å². The van der Waals surface area contributed by atoms with Gasteiger partial charge in [-0.3, -0.25) is 0 Å². The summed E-state index contributed by atoms with van der Waals surface area (Å²) in [6, 6.07) is 10.9. The van der Waals surface area contributed by atoms with Crippen LogP contribution in [0, 0.1) is 0 Å². The van der Waals surface area contributed by atoms with Crippen LogP contribution in [0.3, 0.4) is 0 Å². The summed E-state index contributed by atoms with van der Waals surface area (Å²) in [4.78, 5) is 1.37. The highest BCUT2D eigenvalue weighted by molar-refractivity contribution is 9.10. The molecule has 0 unspecified atom stereocenters. The fourth-order valence-electron chi connectivity index (χ4n) is 2.48. The number of nitrogens with zero attached hydrogens (tertiary/aromatic N) is 1. The lowest BCUT2D eigenvalue weighted by atomic mass is 10.1. The van der Waals surface area contributed by atoms with Crippen molar-refractivity contribution in [2.45, 2.75) is 20.0 Å². The van der Waals surface area contributed by atoms with E-state index in [4.69, 9.17) is 0 Å². The molecule has 0 aliphatic carbocycles. The Morgan fingerprint density at radius 2 is 2.20 bits per heavy atom. The molecule has 0 bridgehead atoms. The van der Waals surface area contributed by atoms with E-state index in [1.54, 1.807) is 11.3 Å². The molecule has 0 saturated carbocycles. The van der Waals surface area contributed by atoms with Crippen molar-refractivity contribution in [3.05, 3.63) is 56.8 Å². The number of para-hydroxylation sites is 1. The number of hydrogen-bond donors (Lipinski definition) is 1. The minimum absolute atomic E-state index is 0.923. The van der Waals surface area contributed by atoms with E-state index in [1.807, 2.05) is 0 Å². The Kier molecular flexibility index (Phi) is 4.24. The maximum absolute atomic E-state index is 3.53. The molecule has 0 aliphatic heterocycles. The Labute approximate surface area is 131 Å². The molecular weight excluding hydrogens is 332 g/mol. The maximum atomic E-state index is 3.53. The monoisotopic (exact) mass is 348 g/mol. The third-order valence-corrected chi connectivity index (χ3v) is 5.07. The lowest BCUT2D eigenvalue weighted by molar-refractivity contribution is 0.724. The quantitative estimate of drug-likeness (QED) is 0.711. The summed E-state index contributed by atoms with van der Waals surface area (Å²) in [6.45, 7) is 4.99. The molecule has 0 spiro atoms. The topological polar surface area (TPSA) is 17.0 Å². The smallest absolute Gasteiger partial charge is 0.0569 e. The van der Waals surface area contributed by atoms with Gasteiger partial charge in [-0.2, -0.15) is 0 Å². The number of hydrogen-bond acceptors (Lipinski definition) is 2. The maximum Gasteiger partial charge on any atom is 0.0569 e. The van der Waals surface area contributed by atoms with E-state index in [-0.39, 0.29) is 0 Å². The van der Waals surface area contributed by atoms with Crippen molar-refractivity contribution in [3.63, 3.8) is 0 Å². The number of thiophene rings is 1. The van der Waals surface area contributed by atoms with Crippen LogP contribution in [-0.2, 0) is 13.1 Å². The average Bonchev–Trinajstić information content (AvgIpc) is 3.04. The van der Waals surface area contributed by atoms with Gasteiger partial charge in [0, 0.05) is 27.5 Å². The molecule has 2 aromatic heterocycles. The third kappa shape index (κ3) is 2.82. The summed E-state index contributed by atoms with van der Waals surface area (Å²) < 4.78 is 3.52. The van der Waals surface area contributed by atoms with Crippen LogP contribution >= 0.6 is 27.3 Å². The molecular formula is C16H17BrN2S. The lowest BCUT2D eigenvalue weighted by Crippen LogP contribution is -2.12. The second-order valence-electron chi connectivity index (χ2n) is 4.81. The molecule has 0 radical (unpaired) electrons. The van der Waals surface area contributed by atoms with Gasteiger partial charge in [0.2, 0.25) is 0 Å². The predicted molar refractivity (Wildman–Crippen MR) is 90.4 cm³/mol. The van der Waals surface area contributed by atoms with E-state index in [0.717, 1.165) is 19.6 Å². The molecule has 2 heterocycles. The first-order valence-corrected chi connectivity index (χ1v) is 8.45. The van der Waals surface area contributed by atoms with Crippen LogP contribution in [0.15, 0.2) is 46.4 Å². The fourth-order valence-corrected chi connectivity index (χ4v) is 3.93. The zero-order chi connectivity index (χ0) is 13.9. The molecule has 0 aliphatic rings. The zero-order valence-corrected chi connectivity index (χ0v) is 13.8. The van der Waals surface area contributed by atoms with Crippen molar-refractivity contribution in [3.8, 4) is 0 Å². The summed E-state index contributed by atoms with van der Waals surface area (Å²) in [7, 11) is 0. The Morgan fingerprint density at radius 1 is 1.30 bits per heavy atom. The zero-order valence-electron chi connectivity index (χ0n) is 11.4. The SMILES string of the molecule is CCNCc1cccc2ccn(Cc3cc(Br)cs3)c12. The van der Waals surface area contributed by atoms with Gasteiger partial charge in [-0.1, -0.05) is 25.1 Å². The van der Waals surface area contributed by atoms with Gasteiger partial charge in [-0.25, -0.2) is 0 Å². The summed E-state index contributed by atoms with van der Waals surface area (Å²) >= 11 is 5.32. The molecule has 0 fully saturated rings. The van der Waals surface area contributed by atoms with Crippen molar-refractivity contribution in [2.75, 3.05) is 6.54 Å². The number of fused-ring (bicyclic) bond motifs is 1. The molecule has 104 valence electrons. The predicted octanol–water partition coefficient (Wildman–Crippen LogP) is 4.62. The van der Waals surface area contributed by atoms with E-state index in [2.05, 4.69) is 74.6 Å². The van der Waals surface area contributed by atoms with E-state index in [1.165, 1.54) is 25.8 Å². The van der Waals surface area contributed by atoms with Crippen molar-refractivity contribution in [1.82, 2.24) is 9.88 Å². The Hall–Kier alpha value is -1.10. The first-order chi connectivity index (χ1) is 9.78. The van der Waals surface area contributed by atoms with E-state index in [0.29, 0.717) is 0 Å². The van der Waals surface area contributed by atoms with E-state index < -0.39 is 0 Å². The van der Waals surface area contributed by atoms with Gasteiger partial charge >= 0.3 is 0 Å². The molecule has 0 saturated heterocycles. The van der Waals surface area contributed by atoms with Crippen molar-refractivity contribution in [1.29, 1.82) is 0 Å². The Bertz CT molecular complexity index is 714. The van der Waals surface area contributed by atoms with Gasteiger partial charge in [-0.05, 0) is 45.6 Å². The molecule has 0 atom stereocenters. The number of halogens is 1. The molecule has 1 aromatic carbocycles.